The first kappa shape index (κ1) is 20.8. The molecule has 0 unspecified atom stereocenters. The zero-order valence-electron chi connectivity index (χ0n) is 15.6. The maximum atomic E-state index is 13.1. The molecule has 0 saturated carbocycles. The molecular formula is C21H12ClFN2O5S. The Labute approximate surface area is 184 Å². The fraction of sp³-hybridized carbons (Fsp3) is 0.0476. The van der Waals surface area contributed by atoms with Crippen LogP contribution in [0.5, 0.6) is 0 Å². The van der Waals surface area contributed by atoms with Crippen molar-refractivity contribution < 1.29 is 23.3 Å². The van der Waals surface area contributed by atoms with E-state index in [9.17, 15) is 24.1 Å². The monoisotopic (exact) mass is 458 g/mol. The molecule has 156 valence electrons. The van der Waals surface area contributed by atoms with Crippen molar-refractivity contribution in [2.45, 2.75) is 6.54 Å². The highest BCUT2D eigenvalue weighted by molar-refractivity contribution is 8.18. The summed E-state index contributed by atoms with van der Waals surface area (Å²) in [5, 5.41) is 10.6. The van der Waals surface area contributed by atoms with Gasteiger partial charge in [0.25, 0.3) is 16.8 Å². The van der Waals surface area contributed by atoms with Gasteiger partial charge in [0, 0.05) is 23.8 Å². The van der Waals surface area contributed by atoms with Crippen molar-refractivity contribution >= 4 is 46.3 Å². The van der Waals surface area contributed by atoms with Gasteiger partial charge in [-0.2, -0.15) is 0 Å². The van der Waals surface area contributed by atoms with Gasteiger partial charge in [0.15, 0.2) is 0 Å². The van der Waals surface area contributed by atoms with Crippen LogP contribution in [-0.4, -0.2) is 21.0 Å². The Bertz CT molecular complexity index is 1240. The quantitative estimate of drug-likeness (QED) is 0.269. The summed E-state index contributed by atoms with van der Waals surface area (Å²) in [6.07, 6.45) is 1.44. The molecule has 0 radical (unpaired) electrons. The maximum Gasteiger partial charge on any atom is 0.293 e. The van der Waals surface area contributed by atoms with E-state index in [-0.39, 0.29) is 22.2 Å². The van der Waals surface area contributed by atoms with Gasteiger partial charge in [0.2, 0.25) is 0 Å². The highest BCUT2D eigenvalue weighted by atomic mass is 35.5. The number of benzene rings is 2. The topological polar surface area (TPSA) is 93.7 Å². The van der Waals surface area contributed by atoms with E-state index < -0.39 is 21.9 Å². The minimum atomic E-state index is -0.550. The van der Waals surface area contributed by atoms with Crippen molar-refractivity contribution in [3.05, 3.63) is 91.8 Å². The van der Waals surface area contributed by atoms with Gasteiger partial charge in [0.1, 0.15) is 17.3 Å². The van der Waals surface area contributed by atoms with Crippen LogP contribution in [0.25, 0.3) is 17.4 Å². The molecular weight excluding hydrogens is 447 g/mol. The van der Waals surface area contributed by atoms with E-state index in [2.05, 4.69) is 0 Å². The van der Waals surface area contributed by atoms with Crippen LogP contribution >= 0.6 is 23.4 Å². The van der Waals surface area contributed by atoms with Crippen LogP contribution in [0.1, 0.15) is 11.3 Å². The molecule has 0 aliphatic carbocycles. The number of hydrogen-bond donors (Lipinski definition) is 0. The Morgan fingerprint density at radius 2 is 1.87 bits per heavy atom. The van der Waals surface area contributed by atoms with E-state index in [1.54, 1.807) is 12.1 Å². The first-order chi connectivity index (χ1) is 14.8. The molecule has 4 rings (SSSR count). The van der Waals surface area contributed by atoms with E-state index >= 15 is 0 Å². The number of non-ortho nitro benzene ring substituents is 1. The van der Waals surface area contributed by atoms with Crippen molar-refractivity contribution in [3.63, 3.8) is 0 Å². The van der Waals surface area contributed by atoms with Crippen LogP contribution in [0.3, 0.4) is 0 Å². The van der Waals surface area contributed by atoms with E-state index in [0.29, 0.717) is 22.6 Å². The van der Waals surface area contributed by atoms with Gasteiger partial charge >= 0.3 is 0 Å². The summed E-state index contributed by atoms with van der Waals surface area (Å²) >= 11 is 6.90. The third kappa shape index (κ3) is 4.37. The number of nitrogens with zero attached hydrogens (tertiary/aromatic N) is 2. The fourth-order valence-electron chi connectivity index (χ4n) is 2.93. The number of nitro benzene ring substituents is 1. The van der Waals surface area contributed by atoms with Crippen molar-refractivity contribution in [2.24, 2.45) is 0 Å². The molecule has 1 aliphatic rings. The molecule has 0 atom stereocenters. The van der Waals surface area contributed by atoms with Crippen molar-refractivity contribution in [2.75, 3.05) is 0 Å². The molecule has 1 aromatic heterocycles. The summed E-state index contributed by atoms with van der Waals surface area (Å²) in [7, 11) is 0. The standard InChI is InChI=1S/C21H12ClFN2O5S/c22-17-9-14(25(28)29)5-7-16(17)18-8-6-15(30-18)10-19-20(26)24(21(27)31-19)11-12-1-3-13(23)4-2-12/h1-10H,11H2/b19-10-. The smallest absolute Gasteiger partial charge is 0.293 e. The summed E-state index contributed by atoms with van der Waals surface area (Å²) in [5.74, 6) is -0.210. The number of furan rings is 1. The SMILES string of the molecule is O=C1S/C(=C\c2ccc(-c3ccc([N+](=O)[O-])cc3Cl)o2)C(=O)N1Cc1ccc(F)cc1. The molecule has 1 saturated heterocycles. The Balaban J connectivity index is 1.54. The number of nitro groups is 1. The van der Waals surface area contributed by atoms with Gasteiger partial charge in [0.05, 0.1) is 21.4 Å². The molecule has 1 aliphatic heterocycles. The third-order valence-corrected chi connectivity index (χ3v) is 5.68. The van der Waals surface area contributed by atoms with Crippen LogP contribution in [0.4, 0.5) is 14.9 Å². The summed E-state index contributed by atoms with van der Waals surface area (Å²) in [6.45, 7) is 0.0318. The van der Waals surface area contributed by atoms with Gasteiger partial charge in [-0.15, -0.1) is 0 Å². The van der Waals surface area contributed by atoms with Gasteiger partial charge in [-0.25, -0.2) is 4.39 Å². The number of hydrogen-bond acceptors (Lipinski definition) is 6. The number of carbonyl (C=O) groups excluding carboxylic acids is 2. The van der Waals surface area contributed by atoms with E-state index in [1.807, 2.05) is 0 Å². The highest BCUT2D eigenvalue weighted by Crippen LogP contribution is 2.36. The number of carbonyl (C=O) groups is 2. The van der Waals surface area contributed by atoms with Crippen LogP contribution in [-0.2, 0) is 11.3 Å². The van der Waals surface area contributed by atoms with Gasteiger partial charge in [-0.05, 0) is 47.7 Å². The molecule has 0 bridgehead atoms. The first-order valence-electron chi connectivity index (χ1n) is 8.86. The minimum Gasteiger partial charge on any atom is -0.457 e. The number of rotatable bonds is 5. The number of halogens is 2. The van der Waals surface area contributed by atoms with Crippen molar-refractivity contribution in [3.8, 4) is 11.3 Å². The van der Waals surface area contributed by atoms with Gasteiger partial charge in [-0.3, -0.25) is 24.6 Å². The normalized spacial score (nSPS) is 15.2. The fourth-order valence-corrected chi connectivity index (χ4v) is 4.02. The molecule has 7 nitrogen and oxygen atoms in total. The molecule has 2 heterocycles. The molecule has 2 amide bonds. The van der Waals surface area contributed by atoms with Gasteiger partial charge in [-0.1, -0.05) is 23.7 Å². The second-order valence-corrected chi connectivity index (χ2v) is 7.92. The summed E-state index contributed by atoms with van der Waals surface area (Å²) in [6, 6.07) is 12.8. The average molecular weight is 459 g/mol. The lowest BCUT2D eigenvalue weighted by Crippen LogP contribution is -2.27. The predicted octanol–water partition coefficient (Wildman–Crippen LogP) is 5.88. The molecule has 0 N–H and O–H groups in total. The number of imide groups is 1. The molecule has 1 fully saturated rings. The lowest BCUT2D eigenvalue weighted by atomic mass is 10.1. The average Bonchev–Trinajstić information content (AvgIpc) is 3.29. The lowest BCUT2D eigenvalue weighted by molar-refractivity contribution is -0.384. The molecule has 3 aromatic rings. The zero-order chi connectivity index (χ0) is 22.1. The van der Waals surface area contributed by atoms with Crippen molar-refractivity contribution in [1.29, 1.82) is 0 Å². The third-order valence-electron chi connectivity index (χ3n) is 4.46. The van der Waals surface area contributed by atoms with Crippen LogP contribution in [0.15, 0.2) is 63.9 Å². The summed E-state index contributed by atoms with van der Waals surface area (Å²) < 4.78 is 18.7. The zero-order valence-corrected chi connectivity index (χ0v) is 17.2. The Morgan fingerprint density at radius 3 is 2.55 bits per heavy atom. The summed E-state index contributed by atoms with van der Waals surface area (Å²) in [5.41, 5.74) is 0.935. The first-order valence-corrected chi connectivity index (χ1v) is 10.1. The largest absolute Gasteiger partial charge is 0.457 e. The van der Waals surface area contributed by atoms with E-state index in [4.69, 9.17) is 16.0 Å². The second-order valence-electron chi connectivity index (χ2n) is 6.52. The van der Waals surface area contributed by atoms with Crippen LogP contribution in [0.2, 0.25) is 5.02 Å². The summed E-state index contributed by atoms with van der Waals surface area (Å²) in [4.78, 5) is 36.5. The van der Waals surface area contributed by atoms with Crippen molar-refractivity contribution in [1.82, 2.24) is 4.90 Å². The molecule has 10 heteroatoms. The van der Waals surface area contributed by atoms with E-state index in [1.165, 1.54) is 48.5 Å². The number of thioether (sulfide) groups is 1. The van der Waals surface area contributed by atoms with Gasteiger partial charge < -0.3 is 4.42 Å². The number of amides is 2. The molecule has 31 heavy (non-hydrogen) atoms. The van der Waals surface area contributed by atoms with Crippen LogP contribution in [0, 0.1) is 15.9 Å². The molecule has 0 spiro atoms. The predicted molar refractivity (Wildman–Crippen MR) is 114 cm³/mol. The minimum absolute atomic E-state index is 0.0318. The van der Waals surface area contributed by atoms with Crippen LogP contribution < -0.4 is 0 Å². The highest BCUT2D eigenvalue weighted by Gasteiger charge is 2.35. The Morgan fingerprint density at radius 1 is 1.13 bits per heavy atom. The lowest BCUT2D eigenvalue weighted by Gasteiger charge is -2.12. The Kier molecular flexibility index (Phi) is 5.62. The molecule has 2 aromatic carbocycles. The second kappa shape index (κ2) is 8.37. The maximum absolute atomic E-state index is 13.1. The van der Waals surface area contributed by atoms with E-state index in [0.717, 1.165) is 16.7 Å². The Hall–Kier alpha value is -3.43.